The van der Waals surface area contributed by atoms with Crippen molar-refractivity contribution in [2.45, 2.75) is 11.1 Å². The number of sulfonamides is 1. The fourth-order valence-corrected chi connectivity index (χ4v) is 2.21. The molecule has 0 fully saturated rings. The monoisotopic (exact) mass is 292 g/mol. The molecule has 0 aliphatic heterocycles. The summed E-state index contributed by atoms with van der Waals surface area (Å²) in [5.74, 6) is 5.12. The Bertz CT molecular complexity index is 600. The summed E-state index contributed by atoms with van der Waals surface area (Å²) in [5.41, 5.74) is 5.53. The van der Waals surface area contributed by atoms with E-state index in [9.17, 15) is 21.6 Å². The van der Waals surface area contributed by atoms with E-state index < -0.39 is 22.7 Å². The Hall–Kier alpha value is -1.56. The third-order valence-corrected chi connectivity index (χ3v) is 3.34. The highest BCUT2D eigenvalue weighted by Gasteiger charge is 2.30. The molecule has 0 spiro atoms. The number of hydrogen-bond acceptors (Lipinski definition) is 3. The first-order chi connectivity index (χ1) is 8.74. The fraction of sp³-hybridized carbons (Fsp3) is 0.273. The van der Waals surface area contributed by atoms with E-state index in [2.05, 4.69) is 11.8 Å². The second-order valence-corrected chi connectivity index (χ2v) is 5.24. The van der Waals surface area contributed by atoms with Crippen molar-refractivity contribution >= 4 is 10.0 Å². The van der Waals surface area contributed by atoms with Crippen molar-refractivity contribution in [1.29, 1.82) is 0 Å². The number of alkyl halides is 3. The summed E-state index contributed by atoms with van der Waals surface area (Å²) in [6.45, 7) is -1.52. The van der Waals surface area contributed by atoms with Crippen LogP contribution in [0.15, 0.2) is 29.2 Å². The third-order valence-electron chi connectivity index (χ3n) is 1.94. The van der Waals surface area contributed by atoms with Crippen LogP contribution in [-0.4, -0.2) is 27.7 Å². The van der Waals surface area contributed by atoms with Crippen LogP contribution in [0.1, 0.15) is 5.56 Å². The molecule has 0 saturated carbocycles. The average Bonchev–Trinajstić information content (AvgIpc) is 2.34. The van der Waals surface area contributed by atoms with Crippen LogP contribution < -0.4 is 10.5 Å². The minimum absolute atomic E-state index is 0.100. The van der Waals surface area contributed by atoms with Gasteiger partial charge in [-0.2, -0.15) is 13.2 Å². The molecule has 3 N–H and O–H groups in total. The van der Waals surface area contributed by atoms with Gasteiger partial charge in [-0.15, -0.1) is 0 Å². The largest absolute Gasteiger partial charge is 0.402 e. The van der Waals surface area contributed by atoms with Gasteiger partial charge in [0.15, 0.2) is 0 Å². The highest BCUT2D eigenvalue weighted by atomic mass is 32.2. The normalized spacial score (nSPS) is 11.8. The van der Waals surface area contributed by atoms with Gasteiger partial charge in [0.1, 0.15) is 6.54 Å². The summed E-state index contributed by atoms with van der Waals surface area (Å²) < 4.78 is 60.7. The van der Waals surface area contributed by atoms with Crippen molar-refractivity contribution in [1.82, 2.24) is 4.72 Å². The van der Waals surface area contributed by atoms with Crippen LogP contribution >= 0.6 is 0 Å². The van der Waals surface area contributed by atoms with Crippen molar-refractivity contribution in [3.8, 4) is 11.8 Å². The molecular formula is C11H11F3N2O2S. The van der Waals surface area contributed by atoms with E-state index in [1.165, 1.54) is 29.0 Å². The second-order valence-electron chi connectivity index (χ2n) is 3.47. The van der Waals surface area contributed by atoms with Gasteiger partial charge in [0, 0.05) is 5.56 Å². The quantitative estimate of drug-likeness (QED) is 0.811. The SMILES string of the molecule is NCC#Cc1cccc(S(=O)(=O)NCC(F)(F)F)c1. The van der Waals surface area contributed by atoms with Crippen LogP contribution in [0.2, 0.25) is 0 Å². The van der Waals surface area contributed by atoms with Gasteiger partial charge in [0.2, 0.25) is 10.0 Å². The molecule has 0 amide bonds. The zero-order chi connectivity index (χ0) is 14.5. The molecule has 1 aromatic rings. The van der Waals surface area contributed by atoms with Crippen molar-refractivity contribution in [2.24, 2.45) is 5.73 Å². The maximum atomic E-state index is 12.0. The Morgan fingerprint density at radius 1 is 1.32 bits per heavy atom. The lowest BCUT2D eigenvalue weighted by atomic mass is 10.2. The summed E-state index contributed by atoms with van der Waals surface area (Å²) in [5, 5.41) is 0. The van der Waals surface area contributed by atoms with Gasteiger partial charge in [0.05, 0.1) is 11.4 Å². The predicted molar refractivity (Wildman–Crippen MR) is 63.6 cm³/mol. The predicted octanol–water partition coefficient (Wildman–Crippen LogP) is 0.837. The van der Waals surface area contributed by atoms with E-state index in [1.54, 1.807) is 0 Å². The van der Waals surface area contributed by atoms with E-state index in [1.807, 2.05) is 0 Å². The topological polar surface area (TPSA) is 72.2 Å². The van der Waals surface area contributed by atoms with Gasteiger partial charge >= 0.3 is 6.18 Å². The summed E-state index contributed by atoms with van der Waals surface area (Å²) >= 11 is 0. The Balaban J connectivity index is 2.96. The number of nitrogens with one attached hydrogen (secondary N) is 1. The van der Waals surface area contributed by atoms with E-state index in [0.29, 0.717) is 5.56 Å². The van der Waals surface area contributed by atoms with Gasteiger partial charge in [-0.3, -0.25) is 0 Å². The Kier molecular flexibility index (Phi) is 4.94. The Labute approximate surface area is 108 Å². The number of nitrogens with two attached hydrogens (primary N) is 1. The summed E-state index contributed by atoms with van der Waals surface area (Å²) in [7, 11) is -4.21. The fourth-order valence-electron chi connectivity index (χ4n) is 1.15. The molecule has 104 valence electrons. The lowest BCUT2D eigenvalue weighted by Crippen LogP contribution is -2.33. The maximum absolute atomic E-state index is 12.0. The van der Waals surface area contributed by atoms with Crippen LogP contribution in [0.4, 0.5) is 13.2 Å². The molecular weight excluding hydrogens is 281 g/mol. The highest BCUT2D eigenvalue weighted by molar-refractivity contribution is 7.89. The molecule has 0 aliphatic rings. The third kappa shape index (κ3) is 5.30. The molecule has 1 rings (SSSR count). The standard InChI is InChI=1S/C11H11F3N2O2S/c12-11(13,14)8-16-19(17,18)10-5-1-3-9(7-10)4-2-6-15/h1,3,5,7,16H,6,8,15H2. The van der Waals surface area contributed by atoms with Crippen molar-refractivity contribution < 1.29 is 21.6 Å². The van der Waals surface area contributed by atoms with Gasteiger partial charge in [0.25, 0.3) is 0 Å². The number of hydrogen-bond donors (Lipinski definition) is 2. The second kappa shape index (κ2) is 6.06. The van der Waals surface area contributed by atoms with Crippen molar-refractivity contribution in [3.63, 3.8) is 0 Å². The molecule has 8 heteroatoms. The van der Waals surface area contributed by atoms with Gasteiger partial charge in [-0.05, 0) is 18.2 Å². The van der Waals surface area contributed by atoms with Crippen LogP contribution in [0.3, 0.4) is 0 Å². The van der Waals surface area contributed by atoms with Crippen LogP contribution in [0.5, 0.6) is 0 Å². The number of halogens is 3. The first-order valence-electron chi connectivity index (χ1n) is 5.10. The zero-order valence-electron chi connectivity index (χ0n) is 9.66. The minimum atomic E-state index is -4.61. The minimum Gasteiger partial charge on any atom is -0.320 e. The smallest absolute Gasteiger partial charge is 0.320 e. The van der Waals surface area contributed by atoms with E-state index in [4.69, 9.17) is 5.73 Å². The molecule has 0 heterocycles. The van der Waals surface area contributed by atoms with Crippen LogP contribution in [0, 0.1) is 11.8 Å². The van der Waals surface area contributed by atoms with Gasteiger partial charge < -0.3 is 5.73 Å². The van der Waals surface area contributed by atoms with E-state index in [0.717, 1.165) is 0 Å². The lowest BCUT2D eigenvalue weighted by molar-refractivity contribution is -0.121. The Morgan fingerprint density at radius 3 is 2.58 bits per heavy atom. The van der Waals surface area contributed by atoms with Crippen LogP contribution in [0.25, 0.3) is 0 Å². The molecule has 0 aliphatic carbocycles. The van der Waals surface area contributed by atoms with Gasteiger partial charge in [-0.1, -0.05) is 17.9 Å². The average molecular weight is 292 g/mol. The van der Waals surface area contributed by atoms with Crippen molar-refractivity contribution in [3.05, 3.63) is 29.8 Å². The first kappa shape index (κ1) is 15.5. The van der Waals surface area contributed by atoms with Crippen molar-refractivity contribution in [2.75, 3.05) is 13.1 Å². The lowest BCUT2D eigenvalue weighted by Gasteiger charge is -2.09. The molecule has 0 aromatic heterocycles. The molecule has 0 bridgehead atoms. The van der Waals surface area contributed by atoms with Gasteiger partial charge in [-0.25, -0.2) is 13.1 Å². The molecule has 0 saturated heterocycles. The summed E-state index contributed by atoms with van der Waals surface area (Å²) in [4.78, 5) is -0.277. The maximum Gasteiger partial charge on any atom is 0.402 e. The molecule has 0 atom stereocenters. The molecule has 0 radical (unpaired) electrons. The van der Waals surface area contributed by atoms with Crippen LogP contribution in [-0.2, 0) is 10.0 Å². The summed E-state index contributed by atoms with van der Waals surface area (Å²) in [6, 6.07) is 5.29. The summed E-state index contributed by atoms with van der Waals surface area (Å²) in [6.07, 6.45) is -4.61. The molecule has 4 nitrogen and oxygen atoms in total. The molecule has 1 aromatic carbocycles. The highest BCUT2D eigenvalue weighted by Crippen LogP contribution is 2.15. The molecule has 19 heavy (non-hydrogen) atoms. The first-order valence-corrected chi connectivity index (χ1v) is 6.58. The zero-order valence-corrected chi connectivity index (χ0v) is 10.5. The number of rotatable bonds is 3. The Morgan fingerprint density at radius 2 is 2.00 bits per heavy atom. The molecule has 0 unspecified atom stereocenters. The van der Waals surface area contributed by atoms with E-state index in [-0.39, 0.29) is 11.4 Å². The van der Waals surface area contributed by atoms with E-state index >= 15 is 0 Å². The number of benzene rings is 1.